The third kappa shape index (κ3) is 10.1. The second-order valence-corrected chi connectivity index (χ2v) is 22.6. The van der Waals surface area contributed by atoms with E-state index in [1.807, 2.05) is 5.47 Å². The molecule has 0 rings (SSSR count). The molecule has 0 unspecified atom stereocenters. The number of hydrogen-bond acceptors (Lipinski definition) is 0. The summed E-state index contributed by atoms with van der Waals surface area (Å²) in [7, 11) is 0. The average molecular weight is 497 g/mol. The van der Waals surface area contributed by atoms with Gasteiger partial charge in [-0.25, -0.2) is 0 Å². The van der Waals surface area contributed by atoms with Gasteiger partial charge in [0, 0.05) is 0 Å². The van der Waals surface area contributed by atoms with Crippen molar-refractivity contribution >= 4 is 25.1 Å². The Labute approximate surface area is 185 Å². The van der Waals surface area contributed by atoms with Crippen molar-refractivity contribution in [3.05, 3.63) is 9.06 Å². The SMILES string of the molecule is CCCCCC/[C](=C(\CC)B(CC)CC)[Sn]([CH2]CCC)([CH2]CCC)[CH2]CCC. The summed E-state index contributed by atoms with van der Waals surface area (Å²) in [6.45, 7) is 17.8. The first-order chi connectivity index (χ1) is 13.6. The summed E-state index contributed by atoms with van der Waals surface area (Å²) in [5.74, 6) is 0. The Kier molecular flexibility index (Phi) is 18.8. The van der Waals surface area contributed by atoms with Crippen molar-refractivity contribution in [3.63, 3.8) is 0 Å². The minimum absolute atomic E-state index is 0.868. The molecular formula is C26H55BSn. The van der Waals surface area contributed by atoms with Crippen molar-refractivity contribution < 1.29 is 0 Å². The van der Waals surface area contributed by atoms with Gasteiger partial charge in [-0.15, -0.1) is 0 Å². The van der Waals surface area contributed by atoms with Gasteiger partial charge in [-0.2, -0.15) is 0 Å². The maximum absolute atomic E-state index is 2.48. The van der Waals surface area contributed by atoms with E-state index in [1.54, 1.807) is 13.3 Å². The molecule has 0 N–H and O–H groups in total. The zero-order valence-electron chi connectivity index (χ0n) is 21.1. The molecule has 0 bridgehead atoms. The summed E-state index contributed by atoms with van der Waals surface area (Å²) >= 11 is -2.29. The van der Waals surface area contributed by atoms with Crippen LogP contribution in [-0.4, -0.2) is 25.1 Å². The van der Waals surface area contributed by atoms with E-state index in [0.717, 1.165) is 6.71 Å². The number of allylic oxidation sites excluding steroid dienone is 2. The molecule has 166 valence electrons. The summed E-state index contributed by atoms with van der Waals surface area (Å²) in [6, 6.07) is 0. The van der Waals surface area contributed by atoms with Gasteiger partial charge in [-0.3, -0.25) is 0 Å². The van der Waals surface area contributed by atoms with Crippen LogP contribution in [-0.2, 0) is 0 Å². The van der Waals surface area contributed by atoms with Crippen molar-refractivity contribution in [1.82, 2.24) is 0 Å². The summed E-state index contributed by atoms with van der Waals surface area (Å²) in [5.41, 5.74) is 1.97. The molecule has 0 radical (unpaired) electrons. The Morgan fingerprint density at radius 3 is 1.39 bits per heavy atom. The maximum atomic E-state index is 2.48. The molecule has 0 aromatic heterocycles. The van der Waals surface area contributed by atoms with E-state index in [4.69, 9.17) is 0 Å². The van der Waals surface area contributed by atoms with Crippen molar-refractivity contribution in [3.8, 4) is 0 Å². The van der Waals surface area contributed by atoms with Crippen LogP contribution in [0.3, 0.4) is 0 Å². The molecule has 28 heavy (non-hydrogen) atoms. The zero-order valence-corrected chi connectivity index (χ0v) is 24.0. The van der Waals surface area contributed by atoms with Gasteiger partial charge in [-0.05, 0) is 0 Å². The summed E-state index contributed by atoms with van der Waals surface area (Å²) < 4.78 is 7.12. The van der Waals surface area contributed by atoms with Crippen molar-refractivity contribution in [2.24, 2.45) is 0 Å². The van der Waals surface area contributed by atoms with Crippen LogP contribution < -0.4 is 0 Å². The molecular weight excluding hydrogens is 442 g/mol. The number of hydrogen-bond donors (Lipinski definition) is 0. The molecule has 0 aliphatic rings. The third-order valence-corrected chi connectivity index (χ3v) is 23.7. The van der Waals surface area contributed by atoms with E-state index < -0.39 is 18.4 Å². The first kappa shape index (κ1) is 28.6. The molecule has 0 aromatic rings. The van der Waals surface area contributed by atoms with E-state index >= 15 is 0 Å². The molecule has 2 heteroatoms. The van der Waals surface area contributed by atoms with Crippen LogP contribution in [0.25, 0.3) is 0 Å². The monoisotopic (exact) mass is 498 g/mol. The molecule has 0 fully saturated rings. The van der Waals surface area contributed by atoms with Crippen LogP contribution in [0.2, 0.25) is 26.0 Å². The van der Waals surface area contributed by atoms with E-state index in [2.05, 4.69) is 52.1 Å². The molecule has 0 spiro atoms. The molecule has 0 saturated carbocycles. The molecule has 0 saturated heterocycles. The Morgan fingerprint density at radius 2 is 1.04 bits per heavy atom. The molecule has 0 amide bonds. The van der Waals surface area contributed by atoms with Crippen molar-refractivity contribution in [2.75, 3.05) is 0 Å². The molecule has 0 aromatic carbocycles. The van der Waals surface area contributed by atoms with Gasteiger partial charge >= 0.3 is 186 Å². The van der Waals surface area contributed by atoms with Gasteiger partial charge in [0.15, 0.2) is 0 Å². The average Bonchev–Trinajstić information content (AvgIpc) is 2.72. The number of unbranched alkanes of at least 4 members (excludes halogenated alkanes) is 6. The predicted molar refractivity (Wildman–Crippen MR) is 138 cm³/mol. The van der Waals surface area contributed by atoms with Gasteiger partial charge in [0.25, 0.3) is 0 Å². The van der Waals surface area contributed by atoms with Crippen LogP contribution in [0.1, 0.15) is 126 Å². The Hall–Kier alpha value is 0.604. The second-order valence-electron chi connectivity index (χ2n) is 9.27. The van der Waals surface area contributed by atoms with E-state index in [1.165, 1.54) is 89.7 Å². The predicted octanol–water partition coefficient (Wildman–Crippen LogP) is 10.1. The molecule has 0 atom stereocenters. The summed E-state index contributed by atoms with van der Waals surface area (Å²) in [4.78, 5) is 0. The van der Waals surface area contributed by atoms with Gasteiger partial charge in [0.1, 0.15) is 0 Å². The normalized spacial score (nSPS) is 13.0. The van der Waals surface area contributed by atoms with Crippen LogP contribution in [0, 0.1) is 0 Å². The fourth-order valence-corrected chi connectivity index (χ4v) is 24.0. The Morgan fingerprint density at radius 1 is 0.571 bits per heavy atom. The molecule has 0 heterocycles. The molecule has 0 aliphatic heterocycles. The van der Waals surface area contributed by atoms with Gasteiger partial charge < -0.3 is 0 Å². The van der Waals surface area contributed by atoms with Crippen molar-refractivity contribution in [2.45, 2.75) is 151 Å². The standard InChI is InChI=1S/C14H28B.3C4H9.Sn/c1-5-9-10-11-12-13-14(6-2)15(7-3)8-4;3*1-3-4-2;/h5-12H2,1-4H3;3*1,3-4H2,2H3;. The fraction of sp³-hybridized carbons (Fsp3) is 0.923. The minimum atomic E-state index is -2.29. The van der Waals surface area contributed by atoms with Crippen LogP contribution >= 0.6 is 0 Å². The Bertz CT molecular complexity index is 362. The molecule has 0 nitrogen and oxygen atoms in total. The van der Waals surface area contributed by atoms with E-state index in [0.29, 0.717) is 0 Å². The van der Waals surface area contributed by atoms with Crippen LogP contribution in [0.15, 0.2) is 9.06 Å². The van der Waals surface area contributed by atoms with E-state index in [9.17, 15) is 0 Å². The van der Waals surface area contributed by atoms with Crippen molar-refractivity contribution in [1.29, 1.82) is 0 Å². The third-order valence-electron chi connectivity index (χ3n) is 7.19. The van der Waals surface area contributed by atoms with E-state index in [-0.39, 0.29) is 0 Å². The van der Waals surface area contributed by atoms with Gasteiger partial charge in [0.05, 0.1) is 0 Å². The topological polar surface area (TPSA) is 0 Å². The van der Waals surface area contributed by atoms with Crippen LogP contribution in [0.4, 0.5) is 0 Å². The zero-order chi connectivity index (χ0) is 21.3. The summed E-state index contributed by atoms with van der Waals surface area (Å²) in [6.07, 6.45) is 19.9. The Balaban J connectivity index is 6.16. The number of rotatable bonds is 19. The van der Waals surface area contributed by atoms with Crippen LogP contribution in [0.5, 0.6) is 0 Å². The quantitative estimate of drug-likeness (QED) is 0.123. The molecule has 0 aliphatic carbocycles. The second kappa shape index (κ2) is 18.4. The fourth-order valence-electron chi connectivity index (χ4n) is 5.40. The van der Waals surface area contributed by atoms with Gasteiger partial charge in [-0.1, -0.05) is 0 Å². The first-order valence-electron chi connectivity index (χ1n) is 13.3. The first-order valence-corrected chi connectivity index (χ1v) is 20.8. The van der Waals surface area contributed by atoms with Gasteiger partial charge in [0.2, 0.25) is 0 Å². The summed E-state index contributed by atoms with van der Waals surface area (Å²) in [5, 5.41) is 0.